The third-order valence-corrected chi connectivity index (χ3v) is 7.81. The summed E-state index contributed by atoms with van der Waals surface area (Å²) in [4.78, 5) is 38.3. The second-order valence-electron chi connectivity index (χ2n) is 10.3. The van der Waals surface area contributed by atoms with Crippen molar-refractivity contribution in [3.8, 4) is 11.1 Å². The summed E-state index contributed by atoms with van der Waals surface area (Å²) in [5.41, 5.74) is 3.44. The molecule has 3 heterocycles. The summed E-state index contributed by atoms with van der Waals surface area (Å²) in [6, 6.07) is 5.76. The topological polar surface area (TPSA) is 75.6 Å². The molecule has 3 aliphatic rings. The smallest absolute Gasteiger partial charge is 0.256 e. The first-order valence-corrected chi connectivity index (χ1v) is 12.6. The molecule has 1 saturated carbocycles. The van der Waals surface area contributed by atoms with Gasteiger partial charge in [-0.2, -0.15) is 0 Å². The van der Waals surface area contributed by atoms with Crippen molar-refractivity contribution in [1.82, 2.24) is 9.97 Å². The molecule has 2 aliphatic heterocycles. The molecule has 7 nitrogen and oxygen atoms in total. The van der Waals surface area contributed by atoms with E-state index < -0.39 is 6.10 Å². The van der Waals surface area contributed by atoms with Crippen LogP contribution in [0.15, 0.2) is 36.9 Å². The fourth-order valence-corrected chi connectivity index (χ4v) is 6.07. The standard InChI is InChI=1S/C27H34N4O3/c1-19-16-30(26(33)25-13-27(17-34-25)10-6-4-3-5-7-11-27)24-12-21(22-14-28-18-29-15-22)8-9-23(24)31(19)20(2)32/h8-9,12,14-15,18-19,25H,3-7,10-11,13,16-17H2,1-2H3/t19-,25?/m0/s1. The molecule has 1 spiro atoms. The van der Waals surface area contributed by atoms with Crippen molar-refractivity contribution in [3.05, 3.63) is 36.9 Å². The first kappa shape index (κ1) is 23.0. The molecular weight excluding hydrogens is 428 g/mol. The van der Waals surface area contributed by atoms with E-state index in [1.807, 2.05) is 30.0 Å². The van der Waals surface area contributed by atoms with E-state index in [0.717, 1.165) is 41.8 Å². The average Bonchev–Trinajstić information content (AvgIpc) is 3.25. The van der Waals surface area contributed by atoms with Gasteiger partial charge in [-0.3, -0.25) is 9.59 Å². The number of amides is 2. The molecule has 180 valence electrons. The first-order chi connectivity index (χ1) is 16.5. The lowest BCUT2D eigenvalue weighted by molar-refractivity contribution is -0.127. The van der Waals surface area contributed by atoms with Crippen LogP contribution in [0.4, 0.5) is 11.4 Å². The van der Waals surface area contributed by atoms with E-state index in [9.17, 15) is 9.59 Å². The number of carbonyl (C=O) groups is 2. The molecule has 0 bridgehead atoms. The third kappa shape index (κ3) is 4.33. The van der Waals surface area contributed by atoms with Gasteiger partial charge in [0.05, 0.1) is 24.0 Å². The number of rotatable bonds is 2. The molecule has 1 aromatic carbocycles. The van der Waals surface area contributed by atoms with Crippen LogP contribution in [-0.2, 0) is 14.3 Å². The second-order valence-corrected chi connectivity index (χ2v) is 10.3. The highest BCUT2D eigenvalue weighted by molar-refractivity contribution is 6.06. The molecule has 1 aromatic heterocycles. The van der Waals surface area contributed by atoms with Gasteiger partial charge in [0.25, 0.3) is 5.91 Å². The molecule has 34 heavy (non-hydrogen) atoms. The number of fused-ring (bicyclic) bond motifs is 1. The number of nitrogens with zero attached hydrogens (tertiary/aromatic N) is 4. The van der Waals surface area contributed by atoms with Crippen LogP contribution in [0.5, 0.6) is 0 Å². The maximum atomic E-state index is 13.9. The minimum Gasteiger partial charge on any atom is -0.368 e. The lowest BCUT2D eigenvalue weighted by Crippen LogP contribution is -2.53. The van der Waals surface area contributed by atoms with Crippen molar-refractivity contribution in [1.29, 1.82) is 0 Å². The van der Waals surface area contributed by atoms with Gasteiger partial charge in [-0.1, -0.05) is 38.2 Å². The van der Waals surface area contributed by atoms with Gasteiger partial charge in [-0.15, -0.1) is 0 Å². The van der Waals surface area contributed by atoms with Crippen LogP contribution in [0.1, 0.15) is 65.2 Å². The Bertz CT molecular complexity index is 1050. The van der Waals surface area contributed by atoms with Crippen LogP contribution in [0.3, 0.4) is 0 Å². The van der Waals surface area contributed by atoms with E-state index in [2.05, 4.69) is 9.97 Å². The minimum absolute atomic E-state index is 0.0108. The zero-order valence-corrected chi connectivity index (χ0v) is 20.2. The molecule has 1 aliphatic carbocycles. The molecule has 1 unspecified atom stereocenters. The van der Waals surface area contributed by atoms with Crippen LogP contribution in [-0.4, -0.2) is 47.1 Å². The maximum absolute atomic E-state index is 13.9. The molecular formula is C27H34N4O3. The Morgan fingerprint density at radius 2 is 1.71 bits per heavy atom. The number of carbonyl (C=O) groups excluding carboxylic acids is 2. The molecule has 0 radical (unpaired) electrons. The SMILES string of the molecule is CC(=O)N1c2ccc(-c3cncnc3)cc2N(C(=O)C2CC3(CCCCCCC3)CO2)C[C@@H]1C. The number of benzene rings is 1. The summed E-state index contributed by atoms with van der Waals surface area (Å²) in [6.07, 6.45) is 14.0. The number of anilines is 2. The van der Waals surface area contributed by atoms with Crippen LogP contribution >= 0.6 is 0 Å². The number of hydrogen-bond donors (Lipinski definition) is 0. The Morgan fingerprint density at radius 1 is 1.00 bits per heavy atom. The van der Waals surface area contributed by atoms with Gasteiger partial charge in [-0.05, 0) is 49.3 Å². The van der Waals surface area contributed by atoms with E-state index in [1.165, 1.54) is 38.4 Å². The average molecular weight is 463 g/mol. The van der Waals surface area contributed by atoms with Crippen LogP contribution in [0.2, 0.25) is 0 Å². The van der Waals surface area contributed by atoms with E-state index in [4.69, 9.17) is 4.74 Å². The lowest BCUT2D eigenvalue weighted by Gasteiger charge is -2.41. The number of hydrogen-bond acceptors (Lipinski definition) is 5. The van der Waals surface area contributed by atoms with Crippen LogP contribution in [0, 0.1) is 5.41 Å². The molecule has 2 atom stereocenters. The van der Waals surface area contributed by atoms with Gasteiger partial charge in [-0.25, -0.2) is 9.97 Å². The number of ether oxygens (including phenoxy) is 1. The van der Waals surface area contributed by atoms with Gasteiger partial charge in [0.1, 0.15) is 12.4 Å². The predicted molar refractivity (Wildman–Crippen MR) is 132 cm³/mol. The summed E-state index contributed by atoms with van der Waals surface area (Å²) >= 11 is 0. The normalized spacial score (nSPS) is 24.4. The lowest BCUT2D eigenvalue weighted by atomic mass is 9.74. The quantitative estimate of drug-likeness (QED) is 0.644. The number of aromatic nitrogens is 2. The predicted octanol–water partition coefficient (Wildman–Crippen LogP) is 4.75. The van der Waals surface area contributed by atoms with E-state index in [0.29, 0.717) is 13.2 Å². The highest BCUT2D eigenvalue weighted by Gasteiger charge is 2.45. The molecule has 2 amide bonds. The van der Waals surface area contributed by atoms with Crippen molar-refractivity contribution in [2.45, 2.75) is 77.4 Å². The van der Waals surface area contributed by atoms with E-state index in [1.54, 1.807) is 24.2 Å². The van der Waals surface area contributed by atoms with Crippen molar-refractivity contribution < 1.29 is 14.3 Å². The molecule has 2 fully saturated rings. The Kier molecular flexibility index (Phi) is 6.38. The molecule has 1 saturated heterocycles. The molecule has 7 heteroatoms. The fraction of sp³-hybridized carbons (Fsp3) is 0.556. The zero-order valence-electron chi connectivity index (χ0n) is 20.2. The van der Waals surface area contributed by atoms with Crippen molar-refractivity contribution in [2.24, 2.45) is 5.41 Å². The van der Waals surface area contributed by atoms with Crippen LogP contribution in [0.25, 0.3) is 11.1 Å². The van der Waals surface area contributed by atoms with Crippen LogP contribution < -0.4 is 9.80 Å². The largest absolute Gasteiger partial charge is 0.368 e. The van der Waals surface area contributed by atoms with Crippen molar-refractivity contribution in [3.63, 3.8) is 0 Å². The highest BCUT2D eigenvalue weighted by Crippen LogP contribution is 2.45. The summed E-state index contributed by atoms with van der Waals surface area (Å²) in [6.45, 7) is 4.71. The molecule has 0 N–H and O–H groups in total. The summed E-state index contributed by atoms with van der Waals surface area (Å²) in [7, 11) is 0. The van der Waals surface area contributed by atoms with Gasteiger partial charge >= 0.3 is 0 Å². The van der Waals surface area contributed by atoms with Gasteiger partial charge in [0.15, 0.2) is 0 Å². The van der Waals surface area contributed by atoms with Crippen molar-refractivity contribution >= 4 is 23.2 Å². The minimum atomic E-state index is -0.424. The van der Waals surface area contributed by atoms with Gasteiger partial charge in [0, 0.05) is 31.4 Å². The Morgan fingerprint density at radius 3 is 2.41 bits per heavy atom. The Hall–Kier alpha value is -2.80. The van der Waals surface area contributed by atoms with E-state index in [-0.39, 0.29) is 23.3 Å². The monoisotopic (exact) mass is 462 g/mol. The first-order valence-electron chi connectivity index (χ1n) is 12.6. The molecule has 2 aromatic rings. The van der Waals surface area contributed by atoms with Gasteiger partial charge < -0.3 is 14.5 Å². The highest BCUT2D eigenvalue weighted by atomic mass is 16.5. The summed E-state index contributed by atoms with van der Waals surface area (Å²) in [5.74, 6) is -0.0149. The summed E-state index contributed by atoms with van der Waals surface area (Å²) < 4.78 is 6.21. The maximum Gasteiger partial charge on any atom is 0.256 e. The Labute approximate surface area is 201 Å². The van der Waals surface area contributed by atoms with Crippen molar-refractivity contribution in [2.75, 3.05) is 23.0 Å². The third-order valence-electron chi connectivity index (χ3n) is 7.81. The fourth-order valence-electron chi connectivity index (χ4n) is 6.07. The van der Waals surface area contributed by atoms with E-state index >= 15 is 0 Å². The summed E-state index contributed by atoms with van der Waals surface area (Å²) in [5, 5.41) is 0. The zero-order chi connectivity index (χ0) is 23.7. The molecule has 5 rings (SSSR count). The second kappa shape index (κ2) is 9.45. The van der Waals surface area contributed by atoms with Gasteiger partial charge in [0.2, 0.25) is 5.91 Å². The Balaban J connectivity index is 1.46.